The zero-order chi connectivity index (χ0) is 14.6. The molecule has 2 rings (SSSR count). The van der Waals surface area contributed by atoms with Crippen molar-refractivity contribution in [3.63, 3.8) is 0 Å². The number of hydrogen-bond donors (Lipinski definition) is 1. The number of alkyl halides is 3. The van der Waals surface area contributed by atoms with Crippen molar-refractivity contribution >= 4 is 0 Å². The second-order valence-electron chi connectivity index (χ2n) is 3.75. The van der Waals surface area contributed by atoms with Crippen molar-refractivity contribution in [1.29, 1.82) is 0 Å². The van der Waals surface area contributed by atoms with Gasteiger partial charge in [-0.2, -0.15) is 0 Å². The third-order valence-electron chi connectivity index (χ3n) is 2.34. The number of halogens is 3. The molecule has 0 amide bonds. The maximum absolute atomic E-state index is 12.3. The molecule has 0 atom stereocenters. The molecule has 0 saturated heterocycles. The summed E-state index contributed by atoms with van der Waals surface area (Å²) < 4.78 is 46.2. The minimum Gasteiger partial charge on any atom is -0.451 e. The fourth-order valence-corrected chi connectivity index (χ4v) is 1.53. The first-order valence-corrected chi connectivity index (χ1v) is 5.66. The van der Waals surface area contributed by atoms with Gasteiger partial charge in [0.05, 0.1) is 5.69 Å². The highest BCUT2D eigenvalue weighted by molar-refractivity contribution is 5.43. The van der Waals surface area contributed by atoms with E-state index in [1.807, 2.05) is 0 Å². The highest BCUT2D eigenvalue weighted by atomic mass is 19.4. The molecule has 0 unspecified atom stereocenters. The van der Waals surface area contributed by atoms with Crippen LogP contribution in [0.2, 0.25) is 0 Å². The maximum Gasteiger partial charge on any atom is 0.573 e. The second kappa shape index (κ2) is 5.79. The van der Waals surface area contributed by atoms with E-state index in [0.717, 1.165) is 0 Å². The third kappa shape index (κ3) is 3.61. The molecule has 0 aliphatic rings. The van der Waals surface area contributed by atoms with E-state index in [4.69, 9.17) is 10.5 Å². The zero-order valence-electron chi connectivity index (χ0n) is 10.2. The van der Waals surface area contributed by atoms with Crippen LogP contribution in [0, 0.1) is 0 Å². The van der Waals surface area contributed by atoms with Crippen LogP contribution in [-0.2, 0) is 6.54 Å². The van der Waals surface area contributed by atoms with Crippen molar-refractivity contribution in [2.75, 3.05) is 0 Å². The van der Waals surface area contributed by atoms with Gasteiger partial charge in [0.15, 0.2) is 11.5 Å². The van der Waals surface area contributed by atoms with Gasteiger partial charge in [0.2, 0.25) is 0 Å². The lowest BCUT2D eigenvalue weighted by molar-refractivity contribution is -0.275. The van der Waals surface area contributed by atoms with Crippen LogP contribution < -0.4 is 15.2 Å². The maximum atomic E-state index is 12.3. The third-order valence-corrected chi connectivity index (χ3v) is 2.34. The molecule has 2 aromatic rings. The summed E-state index contributed by atoms with van der Waals surface area (Å²) in [6.07, 6.45) is -3.27. The lowest BCUT2D eigenvalue weighted by Crippen LogP contribution is -2.17. The molecule has 2 N–H and O–H groups in total. The molecule has 20 heavy (non-hydrogen) atoms. The van der Waals surface area contributed by atoms with Gasteiger partial charge in [-0.1, -0.05) is 12.1 Å². The second-order valence-corrected chi connectivity index (χ2v) is 3.75. The van der Waals surface area contributed by atoms with Gasteiger partial charge in [-0.15, -0.1) is 13.2 Å². The van der Waals surface area contributed by atoms with Crippen molar-refractivity contribution < 1.29 is 22.6 Å². The van der Waals surface area contributed by atoms with E-state index in [9.17, 15) is 13.2 Å². The monoisotopic (exact) mass is 284 g/mol. The smallest absolute Gasteiger partial charge is 0.451 e. The Hall–Kier alpha value is -2.28. The van der Waals surface area contributed by atoms with Crippen LogP contribution in [-0.4, -0.2) is 11.3 Å². The zero-order valence-corrected chi connectivity index (χ0v) is 10.2. The fraction of sp³-hybridized carbons (Fsp3) is 0.154. The molecule has 0 bridgehead atoms. The Morgan fingerprint density at radius 1 is 1.00 bits per heavy atom. The minimum atomic E-state index is -4.79. The molecule has 0 spiro atoms. The van der Waals surface area contributed by atoms with E-state index in [1.54, 1.807) is 12.1 Å². The standard InChI is InChI=1S/C13H11F3N2O2/c14-13(15,16)20-12-5-2-1-4-11(12)19-10-6-3-7-18-9(10)8-17/h1-7H,8,17H2. The summed E-state index contributed by atoms with van der Waals surface area (Å²) in [6, 6.07) is 8.66. The summed E-state index contributed by atoms with van der Waals surface area (Å²) in [5.41, 5.74) is 5.93. The summed E-state index contributed by atoms with van der Waals surface area (Å²) >= 11 is 0. The molecule has 0 fully saturated rings. The van der Waals surface area contributed by atoms with Crippen molar-refractivity contribution in [2.24, 2.45) is 5.73 Å². The highest BCUT2D eigenvalue weighted by Crippen LogP contribution is 2.35. The van der Waals surface area contributed by atoms with Crippen molar-refractivity contribution in [1.82, 2.24) is 4.98 Å². The SMILES string of the molecule is NCc1ncccc1Oc1ccccc1OC(F)(F)F. The van der Waals surface area contributed by atoms with Crippen molar-refractivity contribution in [3.05, 3.63) is 48.3 Å². The van der Waals surface area contributed by atoms with Crippen molar-refractivity contribution in [3.8, 4) is 17.2 Å². The molecular formula is C13H11F3N2O2. The Balaban J connectivity index is 2.29. The van der Waals surface area contributed by atoms with Gasteiger partial charge in [-0.05, 0) is 24.3 Å². The molecule has 1 heterocycles. The van der Waals surface area contributed by atoms with Crippen LogP contribution in [0.4, 0.5) is 13.2 Å². The Morgan fingerprint density at radius 3 is 2.30 bits per heavy atom. The van der Waals surface area contributed by atoms with Crippen LogP contribution in [0.1, 0.15) is 5.69 Å². The van der Waals surface area contributed by atoms with Crippen LogP contribution >= 0.6 is 0 Å². The molecule has 7 heteroatoms. The van der Waals surface area contributed by atoms with E-state index in [0.29, 0.717) is 5.69 Å². The average molecular weight is 284 g/mol. The number of nitrogens with zero attached hydrogens (tertiary/aromatic N) is 1. The molecule has 0 aliphatic carbocycles. The summed E-state index contributed by atoms with van der Waals surface area (Å²) in [7, 11) is 0. The number of rotatable bonds is 4. The molecule has 0 radical (unpaired) electrons. The predicted octanol–water partition coefficient (Wildman–Crippen LogP) is 3.23. The van der Waals surface area contributed by atoms with Crippen LogP contribution in [0.25, 0.3) is 0 Å². The molecule has 4 nitrogen and oxygen atoms in total. The number of hydrogen-bond acceptors (Lipinski definition) is 4. The summed E-state index contributed by atoms with van der Waals surface area (Å²) in [4.78, 5) is 3.98. The quantitative estimate of drug-likeness (QED) is 0.936. The summed E-state index contributed by atoms with van der Waals surface area (Å²) in [5, 5.41) is 0. The first-order chi connectivity index (χ1) is 9.49. The highest BCUT2D eigenvalue weighted by Gasteiger charge is 2.32. The van der Waals surface area contributed by atoms with Gasteiger partial charge in [-0.3, -0.25) is 4.98 Å². The van der Waals surface area contributed by atoms with Gasteiger partial charge in [0.1, 0.15) is 5.75 Å². The topological polar surface area (TPSA) is 57.4 Å². The number of ether oxygens (including phenoxy) is 2. The largest absolute Gasteiger partial charge is 0.573 e. The molecular weight excluding hydrogens is 273 g/mol. The Kier molecular flexibility index (Phi) is 4.09. The average Bonchev–Trinajstić information content (AvgIpc) is 2.40. The summed E-state index contributed by atoms with van der Waals surface area (Å²) in [5.74, 6) is -0.201. The van der Waals surface area contributed by atoms with Gasteiger partial charge >= 0.3 is 6.36 Å². The normalized spacial score (nSPS) is 11.2. The van der Waals surface area contributed by atoms with E-state index in [-0.39, 0.29) is 18.0 Å². The molecule has 1 aromatic carbocycles. The predicted molar refractivity (Wildman–Crippen MR) is 65.3 cm³/mol. The minimum absolute atomic E-state index is 0.0625. The summed E-state index contributed by atoms with van der Waals surface area (Å²) in [6.45, 7) is 0.110. The van der Waals surface area contributed by atoms with Gasteiger partial charge in [0.25, 0.3) is 0 Å². The number of para-hydroxylation sites is 2. The molecule has 106 valence electrons. The Labute approximate surface area is 113 Å². The number of aromatic nitrogens is 1. The number of benzene rings is 1. The van der Waals surface area contributed by atoms with Gasteiger partial charge in [-0.25, -0.2) is 0 Å². The fourth-order valence-electron chi connectivity index (χ4n) is 1.53. The van der Waals surface area contributed by atoms with E-state index in [1.165, 1.54) is 30.5 Å². The van der Waals surface area contributed by atoms with Gasteiger partial charge in [0, 0.05) is 12.7 Å². The lowest BCUT2D eigenvalue weighted by atomic mass is 10.3. The van der Waals surface area contributed by atoms with Crippen LogP contribution in [0.3, 0.4) is 0 Å². The molecule has 0 saturated carbocycles. The molecule has 1 aromatic heterocycles. The van der Waals surface area contributed by atoms with Crippen LogP contribution in [0.5, 0.6) is 17.2 Å². The number of pyridine rings is 1. The van der Waals surface area contributed by atoms with E-state index >= 15 is 0 Å². The molecule has 0 aliphatic heterocycles. The first kappa shape index (κ1) is 14.1. The van der Waals surface area contributed by atoms with E-state index < -0.39 is 12.1 Å². The Bertz CT molecular complexity index is 588. The Morgan fingerprint density at radius 2 is 1.65 bits per heavy atom. The van der Waals surface area contributed by atoms with Crippen molar-refractivity contribution in [2.45, 2.75) is 12.9 Å². The lowest BCUT2D eigenvalue weighted by Gasteiger charge is -2.14. The van der Waals surface area contributed by atoms with E-state index in [2.05, 4.69) is 9.72 Å². The van der Waals surface area contributed by atoms with Crippen LogP contribution in [0.15, 0.2) is 42.6 Å². The number of nitrogens with two attached hydrogens (primary N) is 1. The first-order valence-electron chi connectivity index (χ1n) is 5.66. The van der Waals surface area contributed by atoms with Gasteiger partial charge < -0.3 is 15.2 Å².